The Balaban J connectivity index is 2.07. The van der Waals surface area contributed by atoms with E-state index in [2.05, 4.69) is 10.6 Å². The predicted octanol–water partition coefficient (Wildman–Crippen LogP) is 4.74. The van der Waals surface area contributed by atoms with E-state index in [-0.39, 0.29) is 5.11 Å². The van der Waals surface area contributed by atoms with Crippen LogP contribution in [-0.4, -0.2) is 5.11 Å². The molecule has 0 aliphatic rings. The molecular formula is C14H11ClF2N2S. The summed E-state index contributed by atoms with van der Waals surface area (Å²) in [6.45, 7) is 1.88. The van der Waals surface area contributed by atoms with Gasteiger partial charge in [0.05, 0.1) is 0 Å². The number of benzene rings is 2. The van der Waals surface area contributed by atoms with Crippen molar-refractivity contribution in [3.05, 3.63) is 58.6 Å². The number of anilines is 2. The Morgan fingerprint density at radius 3 is 2.45 bits per heavy atom. The second-order valence-corrected chi connectivity index (χ2v) is 5.01. The van der Waals surface area contributed by atoms with Crippen molar-refractivity contribution in [2.75, 3.05) is 10.6 Å². The van der Waals surface area contributed by atoms with Crippen molar-refractivity contribution in [2.24, 2.45) is 0 Å². The first-order chi connectivity index (χ1) is 9.45. The van der Waals surface area contributed by atoms with Gasteiger partial charge in [0.1, 0.15) is 0 Å². The molecule has 0 radical (unpaired) electrons. The zero-order valence-corrected chi connectivity index (χ0v) is 12.1. The molecule has 20 heavy (non-hydrogen) atoms. The summed E-state index contributed by atoms with van der Waals surface area (Å²) in [6, 6.07) is 8.80. The fourth-order valence-corrected chi connectivity index (χ4v) is 2.08. The molecule has 6 heteroatoms. The van der Waals surface area contributed by atoms with Crippen molar-refractivity contribution in [2.45, 2.75) is 6.92 Å². The summed E-state index contributed by atoms with van der Waals surface area (Å²) in [6.07, 6.45) is 0. The van der Waals surface area contributed by atoms with Gasteiger partial charge in [-0.1, -0.05) is 11.6 Å². The zero-order chi connectivity index (χ0) is 14.7. The molecule has 0 aromatic heterocycles. The first kappa shape index (κ1) is 14.7. The van der Waals surface area contributed by atoms with Crippen LogP contribution in [0.4, 0.5) is 20.2 Å². The molecule has 0 heterocycles. The molecular weight excluding hydrogens is 302 g/mol. The summed E-state index contributed by atoms with van der Waals surface area (Å²) in [4.78, 5) is 0. The highest BCUT2D eigenvalue weighted by molar-refractivity contribution is 7.80. The number of hydrogen-bond acceptors (Lipinski definition) is 1. The maximum atomic E-state index is 13.1. The van der Waals surface area contributed by atoms with E-state index in [0.29, 0.717) is 10.7 Å². The van der Waals surface area contributed by atoms with Crippen molar-refractivity contribution in [1.29, 1.82) is 0 Å². The van der Waals surface area contributed by atoms with E-state index in [9.17, 15) is 8.78 Å². The highest BCUT2D eigenvalue weighted by Crippen LogP contribution is 2.20. The molecule has 2 aromatic carbocycles. The van der Waals surface area contributed by atoms with Crippen LogP contribution in [0.1, 0.15) is 5.56 Å². The molecule has 0 bridgehead atoms. The van der Waals surface area contributed by atoms with Crippen LogP contribution in [0.5, 0.6) is 0 Å². The molecule has 0 atom stereocenters. The Morgan fingerprint density at radius 1 is 1.05 bits per heavy atom. The van der Waals surface area contributed by atoms with E-state index >= 15 is 0 Å². The second kappa shape index (κ2) is 6.15. The number of rotatable bonds is 2. The molecule has 0 spiro atoms. The van der Waals surface area contributed by atoms with Gasteiger partial charge in [-0.2, -0.15) is 0 Å². The molecule has 0 amide bonds. The third kappa shape index (κ3) is 3.65. The molecule has 0 aliphatic carbocycles. The molecule has 0 saturated heterocycles. The first-order valence-electron chi connectivity index (χ1n) is 5.75. The lowest BCUT2D eigenvalue weighted by molar-refractivity contribution is 0.509. The number of thiocarbonyl (C=S) groups is 1. The number of aryl methyl sites for hydroxylation is 1. The maximum absolute atomic E-state index is 13.1. The van der Waals surface area contributed by atoms with E-state index in [1.165, 1.54) is 6.07 Å². The first-order valence-corrected chi connectivity index (χ1v) is 6.53. The highest BCUT2D eigenvalue weighted by Gasteiger charge is 2.05. The van der Waals surface area contributed by atoms with Crippen molar-refractivity contribution < 1.29 is 8.78 Å². The smallest absolute Gasteiger partial charge is 0.175 e. The number of hydrogen-bond donors (Lipinski definition) is 2. The van der Waals surface area contributed by atoms with Crippen LogP contribution in [0.25, 0.3) is 0 Å². The zero-order valence-electron chi connectivity index (χ0n) is 10.5. The summed E-state index contributed by atoms with van der Waals surface area (Å²) in [7, 11) is 0. The minimum Gasteiger partial charge on any atom is -0.332 e. The molecule has 2 N–H and O–H groups in total. The largest absolute Gasteiger partial charge is 0.332 e. The molecule has 0 aliphatic heterocycles. The van der Waals surface area contributed by atoms with Crippen LogP contribution in [0, 0.1) is 18.6 Å². The molecule has 2 aromatic rings. The number of nitrogens with one attached hydrogen (secondary N) is 2. The minimum atomic E-state index is -0.930. The van der Waals surface area contributed by atoms with Crippen LogP contribution in [0.2, 0.25) is 5.02 Å². The Kier molecular flexibility index (Phi) is 4.52. The van der Waals surface area contributed by atoms with E-state index in [0.717, 1.165) is 23.4 Å². The van der Waals surface area contributed by atoms with Crippen LogP contribution in [0.15, 0.2) is 36.4 Å². The van der Waals surface area contributed by atoms with Gasteiger partial charge in [-0.3, -0.25) is 0 Å². The molecule has 104 valence electrons. The lowest BCUT2D eigenvalue weighted by Gasteiger charge is -2.12. The average molecular weight is 313 g/mol. The third-order valence-electron chi connectivity index (χ3n) is 2.61. The monoisotopic (exact) mass is 312 g/mol. The van der Waals surface area contributed by atoms with Gasteiger partial charge in [0.15, 0.2) is 16.7 Å². The van der Waals surface area contributed by atoms with Gasteiger partial charge in [-0.05, 0) is 55.0 Å². The summed E-state index contributed by atoms with van der Waals surface area (Å²) in [5, 5.41) is 6.66. The topological polar surface area (TPSA) is 24.1 Å². The molecule has 2 nitrogen and oxygen atoms in total. The summed E-state index contributed by atoms with van der Waals surface area (Å²) < 4.78 is 25.9. The van der Waals surface area contributed by atoms with Crippen molar-refractivity contribution in [3.8, 4) is 0 Å². The molecule has 0 saturated carbocycles. The van der Waals surface area contributed by atoms with Gasteiger partial charge in [0, 0.05) is 22.5 Å². The molecule has 0 fully saturated rings. The van der Waals surface area contributed by atoms with Gasteiger partial charge < -0.3 is 10.6 Å². The lowest BCUT2D eigenvalue weighted by atomic mass is 10.2. The van der Waals surface area contributed by atoms with Crippen molar-refractivity contribution >= 4 is 40.3 Å². The average Bonchev–Trinajstić information content (AvgIpc) is 2.37. The van der Waals surface area contributed by atoms with Gasteiger partial charge in [0.25, 0.3) is 0 Å². The van der Waals surface area contributed by atoms with Crippen molar-refractivity contribution in [3.63, 3.8) is 0 Å². The summed E-state index contributed by atoms with van der Waals surface area (Å²) in [5.74, 6) is -1.83. The minimum absolute atomic E-state index is 0.279. The highest BCUT2D eigenvalue weighted by atomic mass is 35.5. The Bertz CT molecular complexity index is 662. The van der Waals surface area contributed by atoms with E-state index in [1.807, 2.05) is 6.92 Å². The maximum Gasteiger partial charge on any atom is 0.175 e. The van der Waals surface area contributed by atoms with Gasteiger partial charge in [-0.25, -0.2) is 8.78 Å². The van der Waals surface area contributed by atoms with Gasteiger partial charge in [-0.15, -0.1) is 0 Å². The van der Waals surface area contributed by atoms with Gasteiger partial charge >= 0.3 is 0 Å². The fraction of sp³-hybridized carbons (Fsp3) is 0.0714. The quantitative estimate of drug-likeness (QED) is 0.784. The molecule has 0 unspecified atom stereocenters. The summed E-state index contributed by atoms with van der Waals surface area (Å²) >= 11 is 11.0. The predicted molar refractivity (Wildman–Crippen MR) is 82.4 cm³/mol. The SMILES string of the molecule is Cc1cc(Cl)ccc1NC(=S)Nc1ccc(F)c(F)c1. The van der Waals surface area contributed by atoms with Crippen LogP contribution in [-0.2, 0) is 0 Å². The Labute approximate surface area is 125 Å². The fourth-order valence-electron chi connectivity index (χ4n) is 1.63. The van der Waals surface area contributed by atoms with Gasteiger partial charge in [0.2, 0.25) is 0 Å². The Hall–Kier alpha value is -1.72. The second-order valence-electron chi connectivity index (χ2n) is 4.17. The standard InChI is InChI=1S/C14H11ClF2N2S/c1-8-6-9(15)2-5-13(8)19-14(20)18-10-3-4-11(16)12(17)7-10/h2-7H,1H3,(H2,18,19,20). The normalized spacial score (nSPS) is 10.2. The summed E-state index contributed by atoms with van der Waals surface area (Å²) in [5.41, 5.74) is 2.08. The van der Waals surface area contributed by atoms with E-state index in [1.54, 1.807) is 18.2 Å². The van der Waals surface area contributed by atoms with E-state index < -0.39 is 11.6 Å². The van der Waals surface area contributed by atoms with Crippen molar-refractivity contribution in [1.82, 2.24) is 0 Å². The third-order valence-corrected chi connectivity index (χ3v) is 3.05. The van der Waals surface area contributed by atoms with Crippen LogP contribution < -0.4 is 10.6 Å². The van der Waals surface area contributed by atoms with Crippen LogP contribution >= 0.6 is 23.8 Å². The lowest BCUT2D eigenvalue weighted by Crippen LogP contribution is -2.19. The Morgan fingerprint density at radius 2 is 1.80 bits per heavy atom. The van der Waals surface area contributed by atoms with E-state index in [4.69, 9.17) is 23.8 Å². The number of halogens is 3. The molecule has 2 rings (SSSR count). The van der Waals surface area contributed by atoms with Crippen LogP contribution in [0.3, 0.4) is 0 Å².